The maximum Gasteiger partial charge on any atom is 0.220 e. The number of rotatable bonds is 26. The molecule has 0 radical (unpaired) electrons. The second-order valence-electron chi connectivity index (χ2n) is 11.9. The molecule has 1 rings (SSSR count). The summed E-state index contributed by atoms with van der Waals surface area (Å²) in [5.74, 6) is -0.214. The first-order valence-corrected chi connectivity index (χ1v) is 17.5. The molecule has 6 N–H and O–H groups in total. The zero-order valence-corrected chi connectivity index (χ0v) is 28.3. The minimum Gasteiger partial charge on any atom is -0.394 e. The molecule has 0 bridgehead atoms. The van der Waals surface area contributed by atoms with E-state index in [0.717, 1.165) is 77.0 Å². The topological polar surface area (TPSA) is 149 Å². The Kier molecular flexibility index (Phi) is 25.5. The van der Waals surface area contributed by atoms with E-state index in [9.17, 15) is 30.3 Å². The molecule has 1 amide bonds. The molecular weight excluding hydrogens is 586 g/mol. The third-order valence-electron chi connectivity index (χ3n) is 7.89. The monoisotopic (exact) mass is 649 g/mol. The Morgan fingerprint density at radius 2 is 1.39 bits per heavy atom. The first kappa shape index (κ1) is 41.9. The third-order valence-corrected chi connectivity index (χ3v) is 7.89. The Hall–Kier alpha value is -2.11. The fraction of sp³-hybridized carbons (Fsp3) is 0.703. The number of unbranched alkanes of at least 4 members (excludes halogenated alkanes) is 9. The molecule has 7 unspecified atom stereocenters. The highest BCUT2D eigenvalue weighted by molar-refractivity contribution is 5.76. The molecule has 0 spiro atoms. The number of carbonyl (C=O) groups excluding carboxylic acids is 1. The molecule has 0 aromatic carbocycles. The minimum absolute atomic E-state index is 0.214. The van der Waals surface area contributed by atoms with E-state index in [2.05, 4.69) is 54.8 Å². The van der Waals surface area contributed by atoms with E-state index in [0.29, 0.717) is 6.42 Å². The SMILES string of the molecule is C/C=C/CC/C=C/CC/C=C/C(O)C(COC1OC(CO)C(O)C(O)C1O)NC(=O)CCCCCCC/C=C\C/C=C\CCCC. The zero-order valence-electron chi connectivity index (χ0n) is 28.3. The molecule has 1 heterocycles. The lowest BCUT2D eigenvalue weighted by Gasteiger charge is -2.40. The highest BCUT2D eigenvalue weighted by atomic mass is 16.7. The molecule has 0 saturated carbocycles. The van der Waals surface area contributed by atoms with Crippen LogP contribution in [0.2, 0.25) is 0 Å². The fourth-order valence-electron chi connectivity index (χ4n) is 4.97. The summed E-state index contributed by atoms with van der Waals surface area (Å²) in [6, 6.07) is -0.833. The number of hydrogen-bond acceptors (Lipinski definition) is 8. The molecule has 46 heavy (non-hydrogen) atoms. The van der Waals surface area contributed by atoms with Gasteiger partial charge in [-0.2, -0.15) is 0 Å². The highest BCUT2D eigenvalue weighted by Gasteiger charge is 2.44. The molecule has 9 nitrogen and oxygen atoms in total. The molecule has 7 atom stereocenters. The molecule has 264 valence electrons. The van der Waals surface area contributed by atoms with E-state index in [1.165, 1.54) is 12.8 Å². The van der Waals surface area contributed by atoms with Crippen LogP contribution in [0.4, 0.5) is 0 Å². The maximum absolute atomic E-state index is 12.8. The molecule has 1 aliphatic heterocycles. The van der Waals surface area contributed by atoms with E-state index in [1.807, 2.05) is 19.1 Å². The summed E-state index contributed by atoms with van der Waals surface area (Å²) in [7, 11) is 0. The van der Waals surface area contributed by atoms with Crippen molar-refractivity contribution in [3.05, 3.63) is 60.8 Å². The van der Waals surface area contributed by atoms with Gasteiger partial charge in [0.2, 0.25) is 5.91 Å². The van der Waals surface area contributed by atoms with Gasteiger partial charge in [-0.3, -0.25) is 4.79 Å². The van der Waals surface area contributed by atoms with Crippen molar-refractivity contribution in [3.8, 4) is 0 Å². The second-order valence-corrected chi connectivity index (χ2v) is 11.9. The average molecular weight is 650 g/mol. The molecule has 1 fully saturated rings. The summed E-state index contributed by atoms with van der Waals surface area (Å²) >= 11 is 0. The summed E-state index contributed by atoms with van der Waals surface area (Å²) in [4.78, 5) is 12.8. The molecule has 0 aromatic heterocycles. The number of amides is 1. The van der Waals surface area contributed by atoms with Gasteiger partial charge in [0.05, 0.1) is 25.4 Å². The molecule has 1 aliphatic rings. The Morgan fingerprint density at radius 3 is 2.07 bits per heavy atom. The normalized spacial score (nSPS) is 23.8. The van der Waals surface area contributed by atoms with Gasteiger partial charge in [0, 0.05) is 6.42 Å². The Labute approximate surface area is 277 Å². The van der Waals surface area contributed by atoms with Crippen LogP contribution in [-0.2, 0) is 14.3 Å². The summed E-state index contributed by atoms with van der Waals surface area (Å²) in [6.07, 6.45) is 27.2. The Bertz CT molecular complexity index is 900. The first-order chi connectivity index (χ1) is 22.3. The van der Waals surface area contributed by atoms with Crippen LogP contribution in [0.1, 0.15) is 110 Å². The van der Waals surface area contributed by atoms with Gasteiger partial charge in [-0.25, -0.2) is 0 Å². The Balaban J connectivity index is 2.52. The summed E-state index contributed by atoms with van der Waals surface area (Å²) < 4.78 is 11.1. The lowest BCUT2D eigenvalue weighted by atomic mass is 9.99. The maximum atomic E-state index is 12.8. The third kappa shape index (κ3) is 19.5. The van der Waals surface area contributed by atoms with Gasteiger partial charge in [0.15, 0.2) is 6.29 Å². The minimum atomic E-state index is -1.58. The fourth-order valence-corrected chi connectivity index (χ4v) is 4.97. The van der Waals surface area contributed by atoms with Gasteiger partial charge in [-0.15, -0.1) is 0 Å². The van der Waals surface area contributed by atoms with Crippen LogP contribution in [0.15, 0.2) is 60.8 Å². The van der Waals surface area contributed by atoms with E-state index in [-0.39, 0.29) is 12.5 Å². The summed E-state index contributed by atoms with van der Waals surface area (Å²) in [6.45, 7) is 3.41. The van der Waals surface area contributed by atoms with Crippen molar-refractivity contribution in [1.29, 1.82) is 0 Å². The van der Waals surface area contributed by atoms with Crippen LogP contribution in [-0.4, -0.2) is 87.5 Å². The molecule has 9 heteroatoms. The van der Waals surface area contributed by atoms with Crippen LogP contribution in [0, 0.1) is 0 Å². The van der Waals surface area contributed by atoms with E-state index in [1.54, 1.807) is 6.08 Å². The summed E-state index contributed by atoms with van der Waals surface area (Å²) in [5.41, 5.74) is 0. The van der Waals surface area contributed by atoms with Crippen LogP contribution in [0.25, 0.3) is 0 Å². The van der Waals surface area contributed by atoms with Crippen LogP contribution < -0.4 is 5.32 Å². The van der Waals surface area contributed by atoms with Crippen LogP contribution in [0.3, 0.4) is 0 Å². The van der Waals surface area contributed by atoms with Gasteiger partial charge in [-0.05, 0) is 64.7 Å². The number of aliphatic hydroxyl groups is 5. The predicted molar refractivity (Wildman–Crippen MR) is 184 cm³/mol. The zero-order chi connectivity index (χ0) is 33.8. The average Bonchev–Trinajstić information content (AvgIpc) is 3.05. The number of ether oxygens (including phenoxy) is 2. The number of nitrogens with one attached hydrogen (secondary N) is 1. The smallest absolute Gasteiger partial charge is 0.220 e. The van der Waals surface area contributed by atoms with Crippen LogP contribution in [0.5, 0.6) is 0 Å². The van der Waals surface area contributed by atoms with Gasteiger partial charge >= 0.3 is 0 Å². The predicted octanol–water partition coefficient (Wildman–Crippen LogP) is 5.32. The quantitative estimate of drug-likeness (QED) is 0.0545. The molecule has 0 aromatic rings. The van der Waals surface area contributed by atoms with Crippen molar-refractivity contribution in [3.63, 3.8) is 0 Å². The summed E-state index contributed by atoms with van der Waals surface area (Å²) in [5, 5.41) is 53.6. The first-order valence-electron chi connectivity index (χ1n) is 17.5. The lowest BCUT2D eigenvalue weighted by Crippen LogP contribution is -2.60. The van der Waals surface area contributed by atoms with E-state index < -0.39 is 49.5 Å². The van der Waals surface area contributed by atoms with Gasteiger partial charge < -0.3 is 40.3 Å². The largest absolute Gasteiger partial charge is 0.394 e. The van der Waals surface area contributed by atoms with E-state index in [4.69, 9.17) is 9.47 Å². The number of hydrogen-bond donors (Lipinski definition) is 6. The lowest BCUT2D eigenvalue weighted by molar-refractivity contribution is -0.302. The molecular formula is C37H63NO8. The van der Waals surface area contributed by atoms with Crippen molar-refractivity contribution in [2.75, 3.05) is 13.2 Å². The van der Waals surface area contributed by atoms with Gasteiger partial charge in [-0.1, -0.05) is 99.8 Å². The van der Waals surface area contributed by atoms with Gasteiger partial charge in [0.25, 0.3) is 0 Å². The number of carbonyl (C=O) groups is 1. The highest BCUT2D eigenvalue weighted by Crippen LogP contribution is 2.22. The molecule has 0 aliphatic carbocycles. The van der Waals surface area contributed by atoms with Gasteiger partial charge in [0.1, 0.15) is 24.4 Å². The van der Waals surface area contributed by atoms with E-state index >= 15 is 0 Å². The van der Waals surface area contributed by atoms with Crippen molar-refractivity contribution >= 4 is 5.91 Å². The van der Waals surface area contributed by atoms with Crippen molar-refractivity contribution in [2.45, 2.75) is 153 Å². The van der Waals surface area contributed by atoms with Crippen molar-refractivity contribution in [2.24, 2.45) is 0 Å². The second kappa shape index (κ2) is 28.0. The van der Waals surface area contributed by atoms with Crippen LogP contribution >= 0.6 is 0 Å². The standard InChI is InChI=1S/C37H63NO8/c1-3-5-7-9-11-13-14-15-16-17-19-21-23-25-27-33(41)38-30(31(40)26-24-22-20-18-12-10-8-6-4-2)29-45-37-36(44)35(43)34(42)32(28-39)46-37/h4,6,9,11-12,14-15,18,24,26,30-32,34-37,39-40,42-44H,3,5,7-8,10,13,16-17,19-23,25,27-29H2,1-2H3,(H,38,41)/b6-4+,11-9-,15-14-,18-12+,26-24+. The Morgan fingerprint density at radius 1 is 0.783 bits per heavy atom. The van der Waals surface area contributed by atoms with Crippen molar-refractivity contribution in [1.82, 2.24) is 5.32 Å². The molecule has 1 saturated heterocycles. The number of allylic oxidation sites excluding steroid dienone is 9. The van der Waals surface area contributed by atoms with Crippen molar-refractivity contribution < 1.29 is 39.8 Å². The number of aliphatic hydroxyl groups excluding tert-OH is 5.